The number of esters is 1. The van der Waals surface area contributed by atoms with Gasteiger partial charge in [-0.2, -0.15) is 0 Å². The summed E-state index contributed by atoms with van der Waals surface area (Å²) in [6.45, 7) is 12.5. The molecule has 1 saturated carbocycles. The lowest BCUT2D eigenvalue weighted by Gasteiger charge is -2.53. The molecule has 2 aliphatic carbocycles. The Morgan fingerprint density at radius 2 is 1.88 bits per heavy atom. The number of ether oxygens (including phenoxy) is 1. The molecule has 3 heteroatoms. The molecule has 0 N–H and O–H groups in total. The fraction of sp³-hybridized carbons (Fsp3) is 0.636. The van der Waals surface area contributed by atoms with E-state index in [0.29, 0.717) is 23.9 Å². The van der Waals surface area contributed by atoms with Crippen molar-refractivity contribution in [2.24, 2.45) is 11.3 Å². The molecule has 0 radical (unpaired) electrons. The second-order valence-electron chi connectivity index (χ2n) is 8.96. The third-order valence-electron chi connectivity index (χ3n) is 6.61. The van der Waals surface area contributed by atoms with Gasteiger partial charge in [-0.3, -0.25) is 9.59 Å². The van der Waals surface area contributed by atoms with Gasteiger partial charge < -0.3 is 4.74 Å². The lowest BCUT2D eigenvalue weighted by atomic mass is 9.49. The summed E-state index contributed by atoms with van der Waals surface area (Å²) in [6, 6.07) is 3.95. The van der Waals surface area contributed by atoms with Gasteiger partial charge in [0.05, 0.1) is 5.41 Å². The highest BCUT2D eigenvalue weighted by atomic mass is 16.5. The van der Waals surface area contributed by atoms with E-state index >= 15 is 0 Å². The molecule has 0 aromatic heterocycles. The Morgan fingerprint density at radius 3 is 2.48 bits per heavy atom. The molecule has 0 aliphatic heterocycles. The van der Waals surface area contributed by atoms with Crippen LogP contribution in [0.5, 0.6) is 5.75 Å². The molecule has 3 rings (SSSR count). The average molecular weight is 342 g/mol. The van der Waals surface area contributed by atoms with Crippen LogP contribution in [-0.2, 0) is 21.4 Å². The van der Waals surface area contributed by atoms with E-state index in [9.17, 15) is 9.59 Å². The van der Waals surface area contributed by atoms with Gasteiger partial charge in [0, 0.05) is 18.9 Å². The first-order chi connectivity index (χ1) is 11.6. The first-order valence-electron chi connectivity index (χ1n) is 9.47. The Kier molecular flexibility index (Phi) is 4.33. The second-order valence-corrected chi connectivity index (χ2v) is 8.96. The van der Waals surface area contributed by atoms with Gasteiger partial charge in [-0.15, -0.1) is 0 Å². The Bertz CT molecular complexity index is 729. The van der Waals surface area contributed by atoms with Crippen LogP contribution < -0.4 is 4.74 Å². The van der Waals surface area contributed by atoms with E-state index in [4.69, 9.17) is 4.74 Å². The van der Waals surface area contributed by atoms with E-state index in [-0.39, 0.29) is 17.3 Å². The van der Waals surface area contributed by atoms with Crippen LogP contribution in [0, 0.1) is 11.3 Å². The topological polar surface area (TPSA) is 43.4 Å². The van der Waals surface area contributed by atoms with Crippen molar-refractivity contribution in [3.8, 4) is 5.75 Å². The third kappa shape index (κ3) is 2.72. The highest BCUT2D eigenvalue weighted by molar-refractivity contribution is 5.92. The first kappa shape index (κ1) is 18.2. The maximum atomic E-state index is 13.1. The second kappa shape index (κ2) is 5.96. The van der Waals surface area contributed by atoms with E-state index in [2.05, 4.69) is 34.6 Å². The Morgan fingerprint density at radius 1 is 1.20 bits per heavy atom. The summed E-state index contributed by atoms with van der Waals surface area (Å²) >= 11 is 0. The van der Waals surface area contributed by atoms with Crippen molar-refractivity contribution in [3.05, 3.63) is 28.8 Å². The van der Waals surface area contributed by atoms with Crippen molar-refractivity contribution in [1.82, 2.24) is 0 Å². The molecule has 2 aliphatic rings. The standard InChI is InChI=1S/C22H30O3/c1-13(2)20-15-7-10-18-21(4,5)12-11-19(24)22(18,6)16(15)8-9-17(20)25-14(3)23/h8-9,13,18H,7,10-12H2,1-6H3. The number of hydrogen-bond donors (Lipinski definition) is 0. The predicted octanol–water partition coefficient (Wildman–Crippen LogP) is 4.94. The SMILES string of the molecule is CC(=O)Oc1ccc2c(c1C(C)C)CCC1C(C)(C)CCC(=O)C21C. The smallest absolute Gasteiger partial charge is 0.308 e. The Balaban J connectivity index is 2.21. The van der Waals surface area contributed by atoms with Crippen molar-refractivity contribution in [1.29, 1.82) is 0 Å². The van der Waals surface area contributed by atoms with Crippen LogP contribution in [0.2, 0.25) is 0 Å². The molecule has 2 atom stereocenters. The predicted molar refractivity (Wildman–Crippen MR) is 99.0 cm³/mol. The maximum absolute atomic E-state index is 13.1. The van der Waals surface area contributed by atoms with Crippen LogP contribution in [0.1, 0.15) is 83.4 Å². The number of hydrogen-bond acceptors (Lipinski definition) is 3. The Hall–Kier alpha value is -1.64. The van der Waals surface area contributed by atoms with Crippen molar-refractivity contribution < 1.29 is 14.3 Å². The number of fused-ring (bicyclic) bond motifs is 3. The molecule has 1 aromatic rings. The molecule has 0 spiro atoms. The summed E-state index contributed by atoms with van der Waals surface area (Å²) in [6.07, 6.45) is 3.60. The molecule has 1 fully saturated rings. The molecule has 0 saturated heterocycles. The summed E-state index contributed by atoms with van der Waals surface area (Å²) in [5, 5.41) is 0. The van der Waals surface area contributed by atoms with Gasteiger partial charge in [0.2, 0.25) is 0 Å². The number of Topliss-reactive ketones (excluding diaryl/α,β-unsaturated/α-hetero) is 1. The highest BCUT2D eigenvalue weighted by Crippen LogP contribution is 2.56. The lowest BCUT2D eigenvalue weighted by molar-refractivity contribution is -0.134. The van der Waals surface area contributed by atoms with Gasteiger partial charge in [0.15, 0.2) is 0 Å². The summed E-state index contributed by atoms with van der Waals surface area (Å²) < 4.78 is 5.49. The molecule has 0 bridgehead atoms. The van der Waals surface area contributed by atoms with Crippen LogP contribution >= 0.6 is 0 Å². The number of ketones is 1. The minimum Gasteiger partial charge on any atom is -0.426 e. The zero-order valence-electron chi connectivity index (χ0n) is 16.4. The summed E-state index contributed by atoms with van der Waals surface area (Å²) in [5.41, 5.74) is 3.25. The van der Waals surface area contributed by atoms with Crippen molar-refractivity contribution in [2.75, 3.05) is 0 Å². The van der Waals surface area contributed by atoms with Crippen LogP contribution in [0.15, 0.2) is 12.1 Å². The molecule has 2 unspecified atom stereocenters. The molecular weight excluding hydrogens is 312 g/mol. The van der Waals surface area contributed by atoms with Gasteiger partial charge in [-0.25, -0.2) is 0 Å². The minimum atomic E-state index is -0.423. The van der Waals surface area contributed by atoms with Gasteiger partial charge in [-0.05, 0) is 60.6 Å². The van der Waals surface area contributed by atoms with E-state index in [1.807, 2.05) is 12.1 Å². The third-order valence-corrected chi connectivity index (χ3v) is 6.61. The molecule has 25 heavy (non-hydrogen) atoms. The van der Waals surface area contributed by atoms with Gasteiger partial charge in [0.1, 0.15) is 11.5 Å². The monoisotopic (exact) mass is 342 g/mol. The van der Waals surface area contributed by atoms with Crippen molar-refractivity contribution >= 4 is 11.8 Å². The fourth-order valence-electron chi connectivity index (χ4n) is 5.43. The van der Waals surface area contributed by atoms with Crippen molar-refractivity contribution in [3.63, 3.8) is 0 Å². The van der Waals surface area contributed by atoms with E-state index in [1.54, 1.807) is 0 Å². The summed E-state index contributed by atoms with van der Waals surface area (Å²) in [5.74, 6) is 1.35. The number of carbonyl (C=O) groups excluding carboxylic acids is 2. The molecule has 0 amide bonds. The number of rotatable bonds is 2. The van der Waals surface area contributed by atoms with E-state index in [1.165, 1.54) is 18.1 Å². The maximum Gasteiger partial charge on any atom is 0.308 e. The van der Waals surface area contributed by atoms with Crippen LogP contribution in [0.4, 0.5) is 0 Å². The summed E-state index contributed by atoms with van der Waals surface area (Å²) in [7, 11) is 0. The lowest BCUT2D eigenvalue weighted by Crippen LogP contribution is -2.53. The molecule has 3 nitrogen and oxygen atoms in total. The van der Waals surface area contributed by atoms with Crippen LogP contribution in [0.3, 0.4) is 0 Å². The van der Waals surface area contributed by atoms with E-state index < -0.39 is 5.41 Å². The quantitative estimate of drug-likeness (QED) is 0.564. The van der Waals surface area contributed by atoms with Gasteiger partial charge in [0.25, 0.3) is 0 Å². The Labute approximate surface area is 151 Å². The molecule has 1 aromatic carbocycles. The fourth-order valence-corrected chi connectivity index (χ4v) is 5.43. The first-order valence-corrected chi connectivity index (χ1v) is 9.47. The molecule has 0 heterocycles. The normalized spacial score (nSPS) is 27.6. The van der Waals surface area contributed by atoms with Crippen LogP contribution in [-0.4, -0.2) is 11.8 Å². The zero-order chi connectivity index (χ0) is 18.6. The number of benzene rings is 1. The van der Waals surface area contributed by atoms with Gasteiger partial charge in [-0.1, -0.05) is 33.8 Å². The zero-order valence-corrected chi connectivity index (χ0v) is 16.4. The number of carbonyl (C=O) groups is 2. The average Bonchev–Trinajstić information content (AvgIpc) is 2.50. The highest BCUT2D eigenvalue weighted by Gasteiger charge is 2.54. The molecular formula is C22H30O3. The van der Waals surface area contributed by atoms with Crippen LogP contribution in [0.25, 0.3) is 0 Å². The molecule has 136 valence electrons. The van der Waals surface area contributed by atoms with Gasteiger partial charge >= 0.3 is 5.97 Å². The van der Waals surface area contributed by atoms with E-state index in [0.717, 1.165) is 24.8 Å². The largest absolute Gasteiger partial charge is 0.426 e. The summed E-state index contributed by atoms with van der Waals surface area (Å²) in [4.78, 5) is 24.6. The minimum absolute atomic E-state index is 0.174. The van der Waals surface area contributed by atoms with Crippen molar-refractivity contribution in [2.45, 2.75) is 78.6 Å².